The molecule has 1 aliphatic heterocycles. The number of likely N-dealkylation sites (tertiary alicyclic amines) is 1. The highest BCUT2D eigenvalue weighted by molar-refractivity contribution is 6.37. The number of hydrogen-bond donors (Lipinski definition) is 2. The summed E-state index contributed by atoms with van der Waals surface area (Å²) in [6.45, 7) is 16.6. The first-order chi connectivity index (χ1) is 20.7. The molecule has 7 heteroatoms. The van der Waals surface area contributed by atoms with E-state index in [2.05, 4.69) is 60.2 Å². The largest absolute Gasteiger partial charge is 0.359 e. The summed E-state index contributed by atoms with van der Waals surface area (Å²) in [6.07, 6.45) is 8.63. The zero-order chi connectivity index (χ0) is 31.9. The zero-order valence-electron chi connectivity index (χ0n) is 27.2. The Morgan fingerprint density at radius 1 is 1.05 bits per heavy atom. The summed E-state index contributed by atoms with van der Waals surface area (Å²) in [5, 5.41) is 6.30. The Balaban J connectivity index is 1.47. The predicted molar refractivity (Wildman–Crippen MR) is 173 cm³/mol. The number of ketones is 3. The van der Waals surface area contributed by atoms with E-state index in [1.807, 2.05) is 32.9 Å². The second-order valence-corrected chi connectivity index (χ2v) is 14.8. The maximum Gasteiger partial charge on any atom is 0.315 e. The van der Waals surface area contributed by atoms with Gasteiger partial charge in [-0.2, -0.15) is 0 Å². The molecule has 4 atom stereocenters. The van der Waals surface area contributed by atoms with E-state index >= 15 is 0 Å². The normalized spacial score (nSPS) is 22.6. The van der Waals surface area contributed by atoms with Crippen LogP contribution in [0.1, 0.15) is 78.4 Å². The molecule has 236 valence electrons. The molecule has 1 aromatic rings. The molecule has 1 heterocycles. The van der Waals surface area contributed by atoms with Crippen LogP contribution in [0.3, 0.4) is 0 Å². The van der Waals surface area contributed by atoms with Gasteiger partial charge in [-0.15, -0.1) is 0 Å². The molecule has 0 bridgehead atoms. The van der Waals surface area contributed by atoms with Crippen LogP contribution in [0, 0.1) is 29.6 Å². The van der Waals surface area contributed by atoms with Crippen molar-refractivity contribution in [2.75, 3.05) is 6.54 Å². The number of carbonyl (C=O) groups is 4. The third kappa shape index (κ3) is 6.92. The molecule has 2 fully saturated rings. The van der Waals surface area contributed by atoms with Crippen molar-refractivity contribution in [2.45, 2.75) is 97.7 Å². The van der Waals surface area contributed by atoms with Crippen molar-refractivity contribution >= 4 is 23.4 Å². The second-order valence-electron chi connectivity index (χ2n) is 14.8. The Hall–Kier alpha value is -3.48. The number of allylic oxidation sites excluding steroid dienone is 2. The maximum absolute atomic E-state index is 14.3. The molecule has 7 nitrogen and oxygen atoms in total. The highest BCUT2D eigenvalue weighted by atomic mass is 16.2. The Morgan fingerprint density at radius 3 is 2.23 bits per heavy atom. The summed E-state index contributed by atoms with van der Waals surface area (Å²) in [7, 11) is 0. The van der Waals surface area contributed by atoms with Crippen LogP contribution in [-0.4, -0.2) is 52.4 Å². The monoisotopic (exact) mass is 599 g/mol. The number of carbonyl (C=O) groups excluding carboxylic acids is 4. The van der Waals surface area contributed by atoms with Gasteiger partial charge in [-0.25, -0.2) is 4.79 Å². The smallest absolute Gasteiger partial charge is 0.315 e. The van der Waals surface area contributed by atoms with Crippen molar-refractivity contribution in [3.63, 3.8) is 0 Å². The maximum atomic E-state index is 14.3. The summed E-state index contributed by atoms with van der Waals surface area (Å²) in [4.78, 5) is 54.9. The Bertz CT molecular complexity index is 1380. The lowest BCUT2D eigenvalue weighted by molar-refractivity contribution is -0.139. The van der Waals surface area contributed by atoms with Gasteiger partial charge in [-0.3, -0.25) is 14.4 Å². The lowest BCUT2D eigenvalue weighted by Crippen LogP contribution is -2.54. The molecule has 0 spiro atoms. The topological polar surface area (TPSA) is 95.6 Å². The van der Waals surface area contributed by atoms with E-state index in [0.29, 0.717) is 24.8 Å². The Morgan fingerprint density at radius 2 is 1.68 bits per heavy atom. The van der Waals surface area contributed by atoms with Gasteiger partial charge in [-0.1, -0.05) is 69.7 Å². The Labute approximate surface area is 262 Å². The molecule has 3 aliphatic carbocycles. The molecule has 2 N–H and O–H groups in total. The second kappa shape index (κ2) is 12.5. The first kappa shape index (κ1) is 31.9. The first-order valence-electron chi connectivity index (χ1n) is 16.3. The molecule has 5 rings (SSSR count). The van der Waals surface area contributed by atoms with Crippen LogP contribution in [0.25, 0.3) is 0 Å². The average Bonchev–Trinajstić information content (AvgIpc) is 3.34. The van der Waals surface area contributed by atoms with Crippen LogP contribution in [0.4, 0.5) is 4.79 Å². The minimum absolute atomic E-state index is 0.0337. The lowest BCUT2D eigenvalue weighted by atomic mass is 9.84. The van der Waals surface area contributed by atoms with Gasteiger partial charge in [0.25, 0.3) is 0 Å². The number of nitrogens with zero attached hydrogens (tertiary/aromatic N) is 1. The molecule has 4 aliphatic rings. The van der Waals surface area contributed by atoms with E-state index in [4.69, 9.17) is 0 Å². The molecule has 1 aromatic carbocycles. The fourth-order valence-electron chi connectivity index (χ4n) is 7.50. The number of nitrogens with one attached hydrogen (secondary N) is 2. The lowest BCUT2D eigenvalue weighted by Gasteiger charge is -2.37. The van der Waals surface area contributed by atoms with Gasteiger partial charge >= 0.3 is 6.03 Å². The van der Waals surface area contributed by atoms with Crippen LogP contribution in [0.2, 0.25) is 0 Å². The van der Waals surface area contributed by atoms with Gasteiger partial charge in [-0.05, 0) is 80.1 Å². The van der Waals surface area contributed by atoms with Gasteiger partial charge in [0.1, 0.15) is 0 Å². The van der Waals surface area contributed by atoms with Crippen molar-refractivity contribution in [1.82, 2.24) is 15.5 Å². The highest BCUT2D eigenvalue weighted by Crippen LogP contribution is 2.44. The molecule has 4 unspecified atom stereocenters. The highest BCUT2D eigenvalue weighted by Gasteiger charge is 2.48. The van der Waals surface area contributed by atoms with Crippen LogP contribution < -0.4 is 10.6 Å². The van der Waals surface area contributed by atoms with Gasteiger partial charge in [0, 0.05) is 43.0 Å². The van der Waals surface area contributed by atoms with E-state index in [1.54, 1.807) is 0 Å². The minimum atomic E-state index is -0.582. The third-order valence-corrected chi connectivity index (χ3v) is 9.76. The fourth-order valence-corrected chi connectivity index (χ4v) is 7.50. The summed E-state index contributed by atoms with van der Waals surface area (Å²) >= 11 is 0. The summed E-state index contributed by atoms with van der Waals surface area (Å²) in [5.41, 5.74) is 5.30. The summed E-state index contributed by atoms with van der Waals surface area (Å²) < 4.78 is 0. The van der Waals surface area contributed by atoms with E-state index < -0.39 is 35.1 Å². The summed E-state index contributed by atoms with van der Waals surface area (Å²) in [6, 6.07) is 7.19. The number of benzene rings is 1. The molecule has 44 heavy (non-hydrogen) atoms. The first-order valence-corrected chi connectivity index (χ1v) is 16.3. The number of fused-ring (bicyclic) bond motifs is 2. The SMILES string of the molecule is C=C(C(NC(=O)NC(C)(C)C)C1Cc2ccccc2C1)N1CC2=C(C(C)C)C=CC2C1C(=O)CC(CC1CC1)C(=O)C(C)=O. The molecule has 2 amide bonds. The van der Waals surface area contributed by atoms with E-state index in [-0.39, 0.29) is 30.1 Å². The molecule has 0 aromatic heterocycles. The van der Waals surface area contributed by atoms with E-state index in [0.717, 1.165) is 31.4 Å². The van der Waals surface area contributed by atoms with E-state index in [9.17, 15) is 19.2 Å². The van der Waals surface area contributed by atoms with Crippen molar-refractivity contribution in [2.24, 2.45) is 29.6 Å². The van der Waals surface area contributed by atoms with Crippen molar-refractivity contribution < 1.29 is 19.2 Å². The van der Waals surface area contributed by atoms with Gasteiger partial charge in [0.2, 0.25) is 5.78 Å². The van der Waals surface area contributed by atoms with Gasteiger partial charge in [0.05, 0.1) is 12.1 Å². The summed E-state index contributed by atoms with van der Waals surface area (Å²) in [5.74, 6) is -0.846. The van der Waals surface area contributed by atoms with E-state index in [1.165, 1.54) is 29.2 Å². The molecular formula is C37H49N3O4. The number of hydrogen-bond acceptors (Lipinski definition) is 5. The number of urea groups is 1. The fraction of sp³-hybridized carbons (Fsp3) is 0.568. The van der Waals surface area contributed by atoms with Crippen molar-refractivity contribution in [3.8, 4) is 0 Å². The molecule has 1 saturated carbocycles. The zero-order valence-corrected chi connectivity index (χ0v) is 27.2. The quantitative estimate of drug-likeness (QED) is 0.299. The average molecular weight is 600 g/mol. The minimum Gasteiger partial charge on any atom is -0.359 e. The van der Waals surface area contributed by atoms with Crippen LogP contribution in [0.5, 0.6) is 0 Å². The number of rotatable bonds is 12. The van der Waals surface area contributed by atoms with Gasteiger partial charge in [0.15, 0.2) is 11.6 Å². The number of amides is 2. The van der Waals surface area contributed by atoms with Crippen molar-refractivity contribution in [1.29, 1.82) is 0 Å². The van der Waals surface area contributed by atoms with Crippen LogP contribution in [0.15, 0.2) is 59.8 Å². The molecule has 0 radical (unpaired) electrons. The third-order valence-electron chi connectivity index (χ3n) is 9.76. The standard InChI is InChI=1S/C37H49N3O4/c1-21(2)29-14-15-30-31(29)20-40(34(30)32(42)19-28(16-24-12-13-24)35(43)23(4)41)22(3)33(38-36(44)39-37(5,6)7)27-17-25-10-8-9-11-26(25)18-27/h8-11,14-15,21,24,27-28,30,33-34H,3,12-13,16-20H2,1-2,4-7H3,(H2,38,39,44). The van der Waals surface area contributed by atoms with Crippen molar-refractivity contribution in [3.05, 3.63) is 71.0 Å². The van der Waals surface area contributed by atoms with Crippen LogP contribution in [-0.2, 0) is 27.2 Å². The van der Waals surface area contributed by atoms with Crippen LogP contribution >= 0.6 is 0 Å². The number of Topliss-reactive ketones (excluding diaryl/α,β-unsaturated/α-hetero) is 3. The molecular weight excluding hydrogens is 550 g/mol. The predicted octanol–water partition coefficient (Wildman–Crippen LogP) is 5.74. The van der Waals surface area contributed by atoms with Gasteiger partial charge < -0.3 is 15.5 Å². The Kier molecular flexibility index (Phi) is 9.06. The molecule has 1 saturated heterocycles.